The zero-order valence-corrected chi connectivity index (χ0v) is 10.1. The number of nitrogens with zero attached hydrogens (tertiary/aromatic N) is 1. The maximum absolute atomic E-state index is 5.89. The van der Waals surface area contributed by atoms with E-state index in [1.807, 2.05) is 24.3 Å². The average Bonchev–Trinajstić information content (AvgIpc) is 3.09. The zero-order valence-electron chi connectivity index (χ0n) is 10.1. The van der Waals surface area contributed by atoms with Gasteiger partial charge in [0, 0.05) is 24.2 Å². The molecule has 1 aromatic heterocycles. The number of pyridine rings is 1. The molecule has 1 fully saturated rings. The third-order valence-corrected chi connectivity index (χ3v) is 3.87. The summed E-state index contributed by atoms with van der Waals surface area (Å²) in [5.41, 5.74) is 0.0620. The van der Waals surface area contributed by atoms with E-state index in [-0.39, 0.29) is 5.41 Å². The highest BCUT2D eigenvalue weighted by Gasteiger charge is 2.55. The van der Waals surface area contributed by atoms with Crippen LogP contribution in [0.5, 0.6) is 5.75 Å². The molecule has 3 nitrogen and oxygen atoms in total. The van der Waals surface area contributed by atoms with Crippen LogP contribution in [-0.2, 0) is 4.74 Å². The molecule has 4 rings (SSSR count). The summed E-state index contributed by atoms with van der Waals surface area (Å²) in [4.78, 5) is 3.98. The SMILES string of the molecule is CC12CC(Oc3ccncc3)=CC=C1OC1=C[C@@H]12. The molecule has 0 spiro atoms. The number of hydrogen-bond acceptors (Lipinski definition) is 3. The van der Waals surface area contributed by atoms with Gasteiger partial charge >= 0.3 is 0 Å². The van der Waals surface area contributed by atoms with E-state index in [2.05, 4.69) is 18.0 Å². The lowest BCUT2D eigenvalue weighted by molar-refractivity contribution is 0.241. The normalized spacial score (nSPS) is 31.4. The molecule has 18 heavy (non-hydrogen) atoms. The summed E-state index contributed by atoms with van der Waals surface area (Å²) < 4.78 is 11.6. The Labute approximate surface area is 105 Å². The number of aromatic nitrogens is 1. The van der Waals surface area contributed by atoms with E-state index in [1.165, 1.54) is 0 Å². The van der Waals surface area contributed by atoms with Crippen molar-refractivity contribution in [2.75, 3.05) is 0 Å². The number of rotatable bonds is 2. The van der Waals surface area contributed by atoms with Gasteiger partial charge in [-0.15, -0.1) is 0 Å². The minimum atomic E-state index is 0.0620. The fourth-order valence-corrected chi connectivity index (χ4v) is 2.75. The van der Waals surface area contributed by atoms with Crippen molar-refractivity contribution < 1.29 is 9.47 Å². The summed E-state index contributed by atoms with van der Waals surface area (Å²) in [6.45, 7) is 2.24. The van der Waals surface area contributed by atoms with Gasteiger partial charge in [-0.3, -0.25) is 4.98 Å². The third kappa shape index (κ3) is 1.33. The topological polar surface area (TPSA) is 31.4 Å². The summed E-state index contributed by atoms with van der Waals surface area (Å²) in [7, 11) is 0. The fraction of sp³-hybridized carbons (Fsp3) is 0.267. The van der Waals surface area contributed by atoms with Crippen molar-refractivity contribution in [1.29, 1.82) is 0 Å². The van der Waals surface area contributed by atoms with Crippen molar-refractivity contribution in [3.05, 3.63) is 60.0 Å². The first kappa shape index (κ1) is 9.95. The van der Waals surface area contributed by atoms with Crippen molar-refractivity contribution in [3.8, 4) is 5.75 Å². The second-order valence-corrected chi connectivity index (χ2v) is 5.19. The Kier molecular flexibility index (Phi) is 1.80. The Morgan fingerprint density at radius 3 is 3.00 bits per heavy atom. The van der Waals surface area contributed by atoms with Gasteiger partial charge in [-0.25, -0.2) is 0 Å². The van der Waals surface area contributed by atoms with Crippen LogP contribution in [0.4, 0.5) is 0 Å². The molecule has 2 heterocycles. The lowest BCUT2D eigenvalue weighted by atomic mass is 9.77. The summed E-state index contributed by atoms with van der Waals surface area (Å²) >= 11 is 0. The molecule has 1 saturated heterocycles. The molecule has 1 aromatic rings. The summed E-state index contributed by atoms with van der Waals surface area (Å²) in [5, 5.41) is 0. The third-order valence-electron chi connectivity index (χ3n) is 3.87. The molecule has 0 bridgehead atoms. The van der Waals surface area contributed by atoms with E-state index in [4.69, 9.17) is 9.47 Å². The molecule has 2 atom stereocenters. The van der Waals surface area contributed by atoms with Gasteiger partial charge in [0.05, 0.1) is 5.92 Å². The largest absolute Gasteiger partial charge is 0.465 e. The molecule has 3 aliphatic rings. The highest BCUT2D eigenvalue weighted by atomic mass is 16.5. The van der Waals surface area contributed by atoms with Crippen LogP contribution in [0, 0.1) is 11.3 Å². The summed E-state index contributed by atoms with van der Waals surface area (Å²) in [6, 6.07) is 3.74. The highest BCUT2D eigenvalue weighted by Crippen LogP contribution is 2.61. The van der Waals surface area contributed by atoms with Gasteiger partial charge in [-0.05, 0) is 30.4 Å². The lowest BCUT2D eigenvalue weighted by Gasteiger charge is -2.29. The smallest absolute Gasteiger partial charge is 0.130 e. The van der Waals surface area contributed by atoms with Gasteiger partial charge in [0.1, 0.15) is 23.0 Å². The summed E-state index contributed by atoms with van der Waals surface area (Å²) in [5.74, 6) is 4.50. The van der Waals surface area contributed by atoms with Crippen molar-refractivity contribution in [1.82, 2.24) is 4.98 Å². The van der Waals surface area contributed by atoms with Crippen LogP contribution in [0.1, 0.15) is 13.3 Å². The van der Waals surface area contributed by atoms with E-state index in [9.17, 15) is 0 Å². The van der Waals surface area contributed by atoms with Crippen molar-refractivity contribution in [3.63, 3.8) is 0 Å². The molecule has 0 aromatic carbocycles. The highest BCUT2D eigenvalue weighted by molar-refractivity contribution is 5.44. The van der Waals surface area contributed by atoms with Crippen LogP contribution in [0.2, 0.25) is 0 Å². The first-order valence-electron chi connectivity index (χ1n) is 6.14. The number of fused-ring (bicyclic) bond motifs is 3. The molecule has 3 heteroatoms. The molecule has 1 unspecified atom stereocenters. The fourth-order valence-electron chi connectivity index (χ4n) is 2.75. The van der Waals surface area contributed by atoms with Crippen molar-refractivity contribution in [2.45, 2.75) is 13.3 Å². The van der Waals surface area contributed by atoms with Gasteiger partial charge in [0.2, 0.25) is 0 Å². The molecule has 0 amide bonds. The van der Waals surface area contributed by atoms with Crippen molar-refractivity contribution >= 4 is 0 Å². The number of allylic oxidation sites excluding steroid dienone is 6. The predicted molar refractivity (Wildman–Crippen MR) is 66.4 cm³/mol. The second-order valence-electron chi connectivity index (χ2n) is 5.19. The maximum atomic E-state index is 5.89. The van der Waals surface area contributed by atoms with Crippen LogP contribution in [0.3, 0.4) is 0 Å². The Morgan fingerprint density at radius 1 is 1.33 bits per heavy atom. The van der Waals surface area contributed by atoms with E-state index in [0.29, 0.717) is 5.92 Å². The number of hydrogen-bond donors (Lipinski definition) is 0. The minimum Gasteiger partial charge on any atom is -0.465 e. The van der Waals surface area contributed by atoms with Crippen LogP contribution >= 0.6 is 0 Å². The monoisotopic (exact) mass is 239 g/mol. The quantitative estimate of drug-likeness (QED) is 0.794. The first-order chi connectivity index (χ1) is 8.75. The second kappa shape index (κ2) is 3.25. The van der Waals surface area contributed by atoms with Crippen LogP contribution in [0.25, 0.3) is 0 Å². The van der Waals surface area contributed by atoms with Crippen LogP contribution in [0.15, 0.2) is 60.0 Å². The molecule has 0 N–H and O–H groups in total. The van der Waals surface area contributed by atoms with Gasteiger partial charge in [0.25, 0.3) is 0 Å². The molecule has 0 radical (unpaired) electrons. The minimum absolute atomic E-state index is 0.0620. The Hall–Kier alpha value is -2.03. The zero-order chi connectivity index (χ0) is 12.2. The Morgan fingerprint density at radius 2 is 2.17 bits per heavy atom. The molecule has 2 aliphatic carbocycles. The summed E-state index contributed by atoms with van der Waals surface area (Å²) in [6.07, 6.45) is 10.6. The molecule has 90 valence electrons. The Balaban J connectivity index is 1.59. The Bertz CT molecular complexity index is 600. The first-order valence-corrected chi connectivity index (χ1v) is 6.14. The lowest BCUT2D eigenvalue weighted by Crippen LogP contribution is -2.23. The van der Waals surface area contributed by atoms with Gasteiger partial charge in [0.15, 0.2) is 0 Å². The van der Waals surface area contributed by atoms with Crippen LogP contribution < -0.4 is 4.74 Å². The predicted octanol–water partition coefficient (Wildman–Crippen LogP) is 3.18. The molecule has 1 aliphatic heterocycles. The van der Waals surface area contributed by atoms with E-state index in [0.717, 1.165) is 29.4 Å². The van der Waals surface area contributed by atoms with E-state index < -0.39 is 0 Å². The van der Waals surface area contributed by atoms with Gasteiger partial charge in [-0.2, -0.15) is 0 Å². The average molecular weight is 239 g/mol. The molecular weight excluding hydrogens is 226 g/mol. The van der Waals surface area contributed by atoms with E-state index in [1.54, 1.807) is 12.4 Å². The van der Waals surface area contributed by atoms with Gasteiger partial charge in [-0.1, -0.05) is 6.92 Å². The molecule has 0 saturated carbocycles. The molecular formula is C15H13NO2. The maximum Gasteiger partial charge on any atom is 0.130 e. The standard InChI is InChI=1S/C15H13NO2/c1-15-9-11(17-10-4-6-16-7-5-10)2-3-14(15)18-13-8-12(13)15/h2-8,12H,9H2,1H3/t12-,15?/m0/s1. The van der Waals surface area contributed by atoms with Crippen LogP contribution in [-0.4, -0.2) is 4.98 Å². The van der Waals surface area contributed by atoms with Gasteiger partial charge < -0.3 is 9.47 Å². The van der Waals surface area contributed by atoms with E-state index >= 15 is 0 Å². The number of ether oxygens (including phenoxy) is 2. The van der Waals surface area contributed by atoms with Crippen molar-refractivity contribution in [2.24, 2.45) is 11.3 Å².